The van der Waals surface area contributed by atoms with Crippen LogP contribution in [0.15, 0.2) is 23.1 Å². The van der Waals surface area contributed by atoms with Crippen LogP contribution in [0.25, 0.3) is 0 Å². The van der Waals surface area contributed by atoms with Crippen molar-refractivity contribution in [2.45, 2.75) is 23.8 Å². The number of hydrogen-bond donors (Lipinski definition) is 1. The number of anilines is 1. The molecule has 1 aliphatic rings. The summed E-state index contributed by atoms with van der Waals surface area (Å²) in [5.41, 5.74) is -0.691. The third-order valence-electron chi connectivity index (χ3n) is 3.36. The third kappa shape index (κ3) is 2.91. The van der Waals surface area contributed by atoms with Gasteiger partial charge >= 0.3 is 0 Å². The number of benzene rings is 1. The van der Waals surface area contributed by atoms with Crippen molar-refractivity contribution in [3.8, 4) is 0 Å². The molecule has 1 heterocycles. The molecule has 7 nitrogen and oxygen atoms in total. The molecule has 20 heavy (non-hydrogen) atoms. The first-order valence-corrected chi connectivity index (χ1v) is 7.95. The van der Waals surface area contributed by atoms with E-state index >= 15 is 0 Å². The van der Waals surface area contributed by atoms with Gasteiger partial charge in [-0.25, -0.2) is 8.42 Å². The predicted molar refractivity (Wildman–Crippen MR) is 73.7 cm³/mol. The molecule has 1 fully saturated rings. The minimum atomic E-state index is -3.69. The highest BCUT2D eigenvalue weighted by atomic mass is 32.2. The van der Waals surface area contributed by atoms with Gasteiger partial charge in [-0.2, -0.15) is 0 Å². The smallest absolute Gasteiger partial charge is 0.288 e. The molecular formula is C12H16N2O5S. The van der Waals surface area contributed by atoms with E-state index in [2.05, 4.69) is 0 Å². The number of sulfone groups is 1. The lowest BCUT2D eigenvalue weighted by Crippen LogP contribution is -2.29. The largest absolute Gasteiger partial charge is 0.388 e. The van der Waals surface area contributed by atoms with Gasteiger partial charge in [-0.1, -0.05) is 0 Å². The number of β-amino-alcohol motifs (C(OH)–C–C–N with tert-alkyl or cyclic N) is 1. The second-order valence-electron chi connectivity index (χ2n) is 5.35. The molecule has 2 rings (SSSR count). The fourth-order valence-corrected chi connectivity index (χ4v) is 3.17. The number of rotatable bonds is 3. The van der Waals surface area contributed by atoms with E-state index in [0.29, 0.717) is 25.2 Å². The van der Waals surface area contributed by atoms with Crippen LogP contribution >= 0.6 is 0 Å². The van der Waals surface area contributed by atoms with Crippen molar-refractivity contribution in [2.75, 3.05) is 24.2 Å². The topological polar surface area (TPSA) is 101 Å². The van der Waals surface area contributed by atoms with Gasteiger partial charge in [0.05, 0.1) is 10.5 Å². The van der Waals surface area contributed by atoms with Gasteiger partial charge in [0.15, 0.2) is 9.84 Å². The van der Waals surface area contributed by atoms with Crippen LogP contribution in [0.4, 0.5) is 11.4 Å². The summed E-state index contributed by atoms with van der Waals surface area (Å²) in [7, 11) is -3.69. The molecule has 1 saturated heterocycles. The van der Waals surface area contributed by atoms with E-state index < -0.39 is 26.0 Å². The number of nitro benzene ring substituents is 1. The van der Waals surface area contributed by atoms with Crippen LogP contribution < -0.4 is 4.90 Å². The van der Waals surface area contributed by atoms with Gasteiger partial charge in [-0.3, -0.25) is 10.1 Å². The monoisotopic (exact) mass is 300 g/mol. The van der Waals surface area contributed by atoms with Crippen molar-refractivity contribution in [3.05, 3.63) is 28.3 Å². The first-order valence-electron chi connectivity index (χ1n) is 6.06. The summed E-state index contributed by atoms with van der Waals surface area (Å²) in [5, 5.41) is 20.8. The van der Waals surface area contributed by atoms with Gasteiger partial charge in [0, 0.05) is 31.1 Å². The lowest BCUT2D eigenvalue weighted by atomic mass is 10.1. The summed E-state index contributed by atoms with van der Waals surface area (Å²) in [5.74, 6) is 0. The Bertz CT molecular complexity index is 654. The lowest BCUT2D eigenvalue weighted by Gasteiger charge is -2.21. The maximum absolute atomic E-state index is 11.7. The summed E-state index contributed by atoms with van der Waals surface area (Å²) in [6.07, 6.45) is 1.51. The summed E-state index contributed by atoms with van der Waals surface area (Å²) in [6, 6.07) is 4.00. The zero-order valence-electron chi connectivity index (χ0n) is 11.2. The van der Waals surface area contributed by atoms with Gasteiger partial charge in [-0.05, 0) is 25.5 Å². The second kappa shape index (κ2) is 4.71. The van der Waals surface area contributed by atoms with E-state index in [-0.39, 0.29) is 4.90 Å². The molecule has 1 aromatic carbocycles. The van der Waals surface area contributed by atoms with Crippen LogP contribution in [0.2, 0.25) is 0 Å². The quantitative estimate of drug-likeness (QED) is 0.659. The summed E-state index contributed by atoms with van der Waals surface area (Å²) in [6.45, 7) is 2.65. The lowest BCUT2D eigenvalue weighted by molar-refractivity contribution is -0.387. The highest BCUT2D eigenvalue weighted by molar-refractivity contribution is 7.90. The van der Waals surface area contributed by atoms with Crippen molar-refractivity contribution in [1.29, 1.82) is 0 Å². The van der Waals surface area contributed by atoms with Crippen LogP contribution in [-0.4, -0.2) is 43.4 Å². The van der Waals surface area contributed by atoms with Gasteiger partial charge in [0.1, 0.15) is 4.90 Å². The second-order valence-corrected chi connectivity index (χ2v) is 7.33. The summed E-state index contributed by atoms with van der Waals surface area (Å²) in [4.78, 5) is 11.7. The van der Waals surface area contributed by atoms with E-state index in [1.54, 1.807) is 6.92 Å². The minimum Gasteiger partial charge on any atom is -0.388 e. The Kier molecular flexibility index (Phi) is 3.47. The molecule has 8 heteroatoms. The van der Waals surface area contributed by atoms with E-state index in [1.807, 2.05) is 4.90 Å². The fraction of sp³-hybridized carbons (Fsp3) is 0.500. The van der Waals surface area contributed by atoms with E-state index in [9.17, 15) is 23.6 Å². The van der Waals surface area contributed by atoms with E-state index in [1.165, 1.54) is 18.2 Å². The van der Waals surface area contributed by atoms with E-state index in [4.69, 9.17) is 0 Å². The Labute approximate surface area is 116 Å². The average Bonchev–Trinajstić information content (AvgIpc) is 2.67. The van der Waals surface area contributed by atoms with Gasteiger partial charge in [0.25, 0.3) is 5.69 Å². The molecule has 0 amide bonds. The molecule has 0 bridgehead atoms. The normalized spacial score (nSPS) is 23.1. The molecule has 1 atom stereocenters. The Hall–Kier alpha value is -1.67. The molecular weight excluding hydrogens is 284 g/mol. The predicted octanol–water partition coefficient (Wildman–Crippen LogP) is 0.959. The molecule has 0 saturated carbocycles. The van der Waals surface area contributed by atoms with Crippen LogP contribution in [0, 0.1) is 10.1 Å². The maximum Gasteiger partial charge on any atom is 0.288 e. The van der Waals surface area contributed by atoms with Gasteiger partial charge in [-0.15, -0.1) is 0 Å². The number of nitro groups is 1. The molecule has 1 N–H and O–H groups in total. The van der Waals surface area contributed by atoms with Crippen LogP contribution in [0.1, 0.15) is 13.3 Å². The molecule has 0 aliphatic carbocycles. The minimum absolute atomic E-state index is 0.299. The van der Waals surface area contributed by atoms with Crippen molar-refractivity contribution in [1.82, 2.24) is 0 Å². The zero-order chi connectivity index (χ0) is 15.1. The highest BCUT2D eigenvalue weighted by Crippen LogP contribution is 2.32. The molecule has 0 radical (unpaired) electrons. The number of aliphatic hydroxyl groups is 1. The Morgan fingerprint density at radius 2 is 2.10 bits per heavy atom. The van der Waals surface area contributed by atoms with Crippen LogP contribution in [-0.2, 0) is 9.84 Å². The average molecular weight is 300 g/mol. The van der Waals surface area contributed by atoms with Gasteiger partial charge in [0.2, 0.25) is 0 Å². The van der Waals surface area contributed by atoms with Crippen molar-refractivity contribution < 1.29 is 18.4 Å². The Balaban J connectivity index is 2.46. The summed E-state index contributed by atoms with van der Waals surface area (Å²) >= 11 is 0. The molecule has 110 valence electrons. The zero-order valence-corrected chi connectivity index (χ0v) is 12.1. The first-order chi connectivity index (χ1) is 9.10. The SMILES string of the molecule is CC1(O)CCN(c2ccc([N+](=O)[O-])c(S(C)(=O)=O)c2)C1. The van der Waals surface area contributed by atoms with Crippen molar-refractivity contribution >= 4 is 21.2 Å². The van der Waals surface area contributed by atoms with Crippen molar-refractivity contribution in [2.24, 2.45) is 0 Å². The highest BCUT2D eigenvalue weighted by Gasteiger charge is 2.32. The molecule has 1 unspecified atom stereocenters. The third-order valence-corrected chi connectivity index (χ3v) is 4.48. The summed E-state index contributed by atoms with van der Waals surface area (Å²) < 4.78 is 23.4. The van der Waals surface area contributed by atoms with Gasteiger partial charge < -0.3 is 10.0 Å². The van der Waals surface area contributed by atoms with E-state index in [0.717, 1.165) is 6.26 Å². The molecule has 1 aliphatic heterocycles. The maximum atomic E-state index is 11.7. The molecule has 0 spiro atoms. The molecule has 0 aromatic heterocycles. The van der Waals surface area contributed by atoms with Crippen molar-refractivity contribution in [3.63, 3.8) is 0 Å². The number of hydrogen-bond acceptors (Lipinski definition) is 6. The molecule has 1 aromatic rings. The fourth-order valence-electron chi connectivity index (χ4n) is 2.31. The van der Waals surface area contributed by atoms with Crippen LogP contribution in [0.3, 0.4) is 0 Å². The Morgan fingerprint density at radius 1 is 1.45 bits per heavy atom. The number of nitrogens with zero attached hydrogens (tertiary/aromatic N) is 2. The van der Waals surface area contributed by atoms with Crippen LogP contribution in [0.5, 0.6) is 0 Å². The standard InChI is InChI=1S/C12H16N2O5S/c1-12(15)5-6-13(8-12)9-3-4-10(14(16)17)11(7-9)20(2,18)19/h3-4,7,15H,5-6,8H2,1-2H3. The Morgan fingerprint density at radius 3 is 2.55 bits per heavy atom. The first kappa shape index (κ1) is 14.7.